The Hall–Kier alpha value is -5.45. The Morgan fingerprint density at radius 2 is 1.49 bits per heavy atom. The average Bonchev–Trinajstić information content (AvgIpc) is 3.49. The molecule has 0 bridgehead atoms. The molecule has 5 aromatic rings. The topological polar surface area (TPSA) is 114 Å². The number of carbonyl (C=O) groups is 4. The van der Waals surface area contributed by atoms with Crippen LogP contribution >= 0.6 is 23.1 Å². The number of aryl methyl sites for hydroxylation is 2. The Kier molecular flexibility index (Phi) is 12.6. The normalized spacial score (nSPS) is 13.4. The molecule has 0 saturated heterocycles. The Balaban J connectivity index is 1.25. The Labute approximate surface area is 318 Å². The molecule has 270 valence electrons. The van der Waals surface area contributed by atoms with Crippen molar-refractivity contribution in [1.82, 2.24) is 5.32 Å². The molecule has 1 aliphatic rings. The van der Waals surface area contributed by atoms with Crippen LogP contribution in [0, 0.1) is 6.92 Å². The van der Waals surface area contributed by atoms with Gasteiger partial charge in [-0.2, -0.15) is 0 Å². The third-order valence-electron chi connectivity index (χ3n) is 9.00. The van der Waals surface area contributed by atoms with Gasteiger partial charge in [0.05, 0.1) is 12.7 Å². The standard InChI is InChI=1S/C43H41N3O5S2/c1-28-16-13-14-21-31(28)26-35(45-39(47)30-19-9-6-10-20-30)40(48)44-32-22-15-23-33(27-32)52-38(29-17-7-5-8-18-29)41(49)46-42-37(43(50)51-2)34-24-11-3-4-12-25-36(34)53-42/h5-10,13-23,26-27,38H,3-4,11-12,24-25H2,1-2H3,(H,44,48)(H,45,47)(H,46,49)/b35-26-. The number of benzene rings is 4. The molecule has 0 spiro atoms. The summed E-state index contributed by atoms with van der Waals surface area (Å²) in [5.41, 5.74) is 4.96. The highest BCUT2D eigenvalue weighted by atomic mass is 32.2. The number of thioether (sulfide) groups is 1. The number of thiophene rings is 1. The molecule has 0 radical (unpaired) electrons. The maximum Gasteiger partial charge on any atom is 0.341 e. The van der Waals surface area contributed by atoms with E-state index in [9.17, 15) is 19.2 Å². The first-order chi connectivity index (χ1) is 25.8. The van der Waals surface area contributed by atoms with Gasteiger partial charge in [-0.05, 0) is 91.3 Å². The third-order valence-corrected chi connectivity index (χ3v) is 11.5. The Morgan fingerprint density at radius 3 is 2.23 bits per heavy atom. The summed E-state index contributed by atoms with van der Waals surface area (Å²) in [4.78, 5) is 56.1. The van der Waals surface area contributed by atoms with Crippen molar-refractivity contribution < 1.29 is 23.9 Å². The monoisotopic (exact) mass is 743 g/mol. The molecular weight excluding hydrogens is 703 g/mol. The molecule has 0 fully saturated rings. The van der Waals surface area contributed by atoms with Crippen molar-refractivity contribution in [3.63, 3.8) is 0 Å². The SMILES string of the molecule is COC(=O)c1c(NC(=O)C(Sc2cccc(NC(=O)/C(=C/c3ccccc3C)NC(=O)c3ccccc3)c2)c2ccccc2)sc2c1CCCCCC2. The number of esters is 1. The summed E-state index contributed by atoms with van der Waals surface area (Å²) < 4.78 is 5.19. The number of nitrogens with one attached hydrogen (secondary N) is 3. The number of hydrogen-bond donors (Lipinski definition) is 3. The molecular formula is C43H41N3O5S2. The second-order valence-corrected chi connectivity index (χ2v) is 15.0. The minimum absolute atomic E-state index is 0.0826. The van der Waals surface area contributed by atoms with E-state index in [4.69, 9.17) is 4.74 Å². The minimum atomic E-state index is -0.681. The zero-order valence-electron chi connectivity index (χ0n) is 29.6. The van der Waals surface area contributed by atoms with Gasteiger partial charge in [-0.25, -0.2) is 4.79 Å². The molecule has 1 unspecified atom stereocenters. The van der Waals surface area contributed by atoms with Crippen molar-refractivity contribution in [3.05, 3.63) is 153 Å². The predicted octanol–water partition coefficient (Wildman–Crippen LogP) is 9.38. The van der Waals surface area contributed by atoms with E-state index >= 15 is 0 Å². The van der Waals surface area contributed by atoms with Gasteiger partial charge >= 0.3 is 5.97 Å². The molecule has 53 heavy (non-hydrogen) atoms. The lowest BCUT2D eigenvalue weighted by molar-refractivity contribution is -0.116. The fourth-order valence-corrected chi connectivity index (χ4v) is 8.60. The smallest absolute Gasteiger partial charge is 0.341 e. The van der Waals surface area contributed by atoms with Crippen molar-refractivity contribution in [1.29, 1.82) is 0 Å². The number of rotatable bonds is 11. The van der Waals surface area contributed by atoms with Crippen molar-refractivity contribution in [2.45, 2.75) is 55.6 Å². The summed E-state index contributed by atoms with van der Waals surface area (Å²) in [6.45, 7) is 1.94. The molecule has 3 N–H and O–H groups in total. The maximum atomic E-state index is 14.2. The molecule has 3 amide bonds. The lowest BCUT2D eigenvalue weighted by atomic mass is 9.96. The zero-order chi connectivity index (χ0) is 37.2. The quantitative estimate of drug-likeness (QED) is 0.0706. The van der Waals surface area contributed by atoms with E-state index in [1.165, 1.54) is 30.2 Å². The number of fused-ring (bicyclic) bond motifs is 1. The molecule has 10 heteroatoms. The lowest BCUT2D eigenvalue weighted by Crippen LogP contribution is -2.30. The molecule has 1 aliphatic carbocycles. The average molecular weight is 744 g/mol. The molecule has 0 saturated carbocycles. The van der Waals surface area contributed by atoms with Gasteiger partial charge in [0.1, 0.15) is 15.9 Å². The van der Waals surface area contributed by atoms with Crippen LogP contribution in [0.1, 0.15) is 78.8 Å². The Morgan fingerprint density at radius 1 is 0.792 bits per heavy atom. The van der Waals surface area contributed by atoms with E-state index in [0.29, 0.717) is 21.8 Å². The van der Waals surface area contributed by atoms with E-state index in [1.807, 2.05) is 73.7 Å². The van der Waals surface area contributed by atoms with Crippen LogP contribution in [0.3, 0.4) is 0 Å². The zero-order valence-corrected chi connectivity index (χ0v) is 31.3. The van der Waals surface area contributed by atoms with Crippen LogP contribution in [0.15, 0.2) is 120 Å². The first kappa shape index (κ1) is 37.3. The van der Waals surface area contributed by atoms with Crippen LogP contribution in [0.4, 0.5) is 10.7 Å². The summed E-state index contributed by atoms with van der Waals surface area (Å²) in [6.07, 6.45) is 7.58. The predicted molar refractivity (Wildman–Crippen MR) is 213 cm³/mol. The van der Waals surface area contributed by atoms with Crippen LogP contribution < -0.4 is 16.0 Å². The second-order valence-electron chi connectivity index (χ2n) is 12.7. The van der Waals surface area contributed by atoms with Gasteiger partial charge in [0.25, 0.3) is 11.8 Å². The third kappa shape index (κ3) is 9.51. The van der Waals surface area contributed by atoms with E-state index < -0.39 is 23.0 Å². The fraction of sp³-hybridized carbons (Fsp3) is 0.209. The lowest BCUT2D eigenvalue weighted by Gasteiger charge is -2.18. The van der Waals surface area contributed by atoms with Gasteiger partial charge in [0.2, 0.25) is 5.91 Å². The summed E-state index contributed by atoms with van der Waals surface area (Å²) in [5.74, 6) is -1.63. The van der Waals surface area contributed by atoms with Gasteiger partial charge < -0.3 is 20.7 Å². The molecule has 1 heterocycles. The van der Waals surface area contributed by atoms with Crippen LogP contribution in [0.2, 0.25) is 0 Å². The first-order valence-electron chi connectivity index (χ1n) is 17.6. The molecule has 4 aromatic carbocycles. The van der Waals surface area contributed by atoms with Crippen LogP contribution in [-0.4, -0.2) is 30.8 Å². The molecule has 0 aliphatic heterocycles. The highest BCUT2D eigenvalue weighted by Gasteiger charge is 2.29. The number of methoxy groups -OCH3 is 1. The number of anilines is 2. The minimum Gasteiger partial charge on any atom is -0.465 e. The summed E-state index contributed by atoms with van der Waals surface area (Å²) in [7, 11) is 1.37. The number of amides is 3. The van der Waals surface area contributed by atoms with Crippen molar-refractivity contribution in [2.24, 2.45) is 0 Å². The van der Waals surface area contributed by atoms with Gasteiger partial charge in [-0.1, -0.05) is 91.7 Å². The van der Waals surface area contributed by atoms with E-state index in [-0.39, 0.29) is 11.6 Å². The summed E-state index contributed by atoms with van der Waals surface area (Å²) >= 11 is 2.80. The van der Waals surface area contributed by atoms with Crippen LogP contribution in [-0.2, 0) is 27.2 Å². The number of hydrogen-bond acceptors (Lipinski definition) is 7. The molecule has 6 rings (SSSR count). The summed E-state index contributed by atoms with van der Waals surface area (Å²) in [5, 5.41) is 8.68. The molecule has 8 nitrogen and oxygen atoms in total. The van der Waals surface area contributed by atoms with Gasteiger partial charge in [-0.15, -0.1) is 23.1 Å². The largest absolute Gasteiger partial charge is 0.465 e. The number of carbonyl (C=O) groups excluding carboxylic acids is 4. The van der Waals surface area contributed by atoms with Gasteiger partial charge in [0.15, 0.2) is 0 Å². The van der Waals surface area contributed by atoms with E-state index in [2.05, 4.69) is 16.0 Å². The fourth-order valence-electron chi connectivity index (χ4n) is 6.23. The van der Waals surface area contributed by atoms with Crippen molar-refractivity contribution >= 4 is 63.6 Å². The van der Waals surface area contributed by atoms with E-state index in [1.54, 1.807) is 48.5 Å². The second kappa shape index (κ2) is 17.9. The highest BCUT2D eigenvalue weighted by molar-refractivity contribution is 8.00. The van der Waals surface area contributed by atoms with Gasteiger partial charge in [-0.3, -0.25) is 14.4 Å². The first-order valence-corrected chi connectivity index (χ1v) is 19.3. The van der Waals surface area contributed by atoms with Crippen molar-refractivity contribution in [2.75, 3.05) is 17.7 Å². The van der Waals surface area contributed by atoms with Crippen molar-refractivity contribution in [3.8, 4) is 0 Å². The molecule has 1 aromatic heterocycles. The van der Waals surface area contributed by atoms with Crippen LogP contribution in [0.5, 0.6) is 0 Å². The van der Waals surface area contributed by atoms with Crippen LogP contribution in [0.25, 0.3) is 6.08 Å². The highest BCUT2D eigenvalue weighted by Crippen LogP contribution is 2.41. The van der Waals surface area contributed by atoms with E-state index in [0.717, 1.165) is 70.6 Å². The van der Waals surface area contributed by atoms with Gasteiger partial charge in [0, 0.05) is 21.0 Å². The Bertz CT molecular complexity index is 2130. The summed E-state index contributed by atoms with van der Waals surface area (Å²) in [6, 6.07) is 33.0. The number of ether oxygens (including phenoxy) is 1. The molecule has 1 atom stereocenters. The maximum absolute atomic E-state index is 14.2.